The van der Waals surface area contributed by atoms with Crippen molar-refractivity contribution in [2.75, 3.05) is 55.2 Å². The van der Waals surface area contributed by atoms with Gasteiger partial charge in [0.15, 0.2) is 5.69 Å². The van der Waals surface area contributed by atoms with Crippen LogP contribution in [0.3, 0.4) is 0 Å². The second-order valence-corrected chi connectivity index (χ2v) is 16.5. The number of nitro groups is 2. The van der Waals surface area contributed by atoms with Crippen LogP contribution in [0.1, 0.15) is 72.9 Å². The van der Waals surface area contributed by atoms with E-state index in [1.165, 1.54) is 30.9 Å². The molecule has 2 fully saturated rings. The molecule has 0 spiro atoms. The van der Waals surface area contributed by atoms with E-state index in [0.29, 0.717) is 72.8 Å². The molecule has 58 heavy (non-hydrogen) atoms. The molecular weight excluding hydrogens is 820 g/mol. The highest BCUT2D eigenvalue weighted by atomic mass is 79.9. The lowest BCUT2D eigenvalue weighted by Crippen LogP contribution is -2.42. The van der Waals surface area contributed by atoms with Gasteiger partial charge in [-0.25, -0.2) is 29.5 Å². The van der Waals surface area contributed by atoms with Crippen LogP contribution in [0, 0.1) is 43.4 Å². The Balaban J connectivity index is 0.000000267. The number of carbonyl (C=O) groups is 2. The molecule has 20 nitrogen and oxygen atoms in total. The average Bonchev–Trinajstić information content (AvgIpc) is 3.15. The van der Waals surface area contributed by atoms with Crippen LogP contribution >= 0.6 is 15.9 Å². The van der Waals surface area contributed by atoms with Crippen molar-refractivity contribution in [3.05, 3.63) is 67.4 Å². The smallest absolute Gasteiger partial charge is 0.410 e. The van der Waals surface area contributed by atoms with Crippen molar-refractivity contribution < 1.29 is 28.9 Å². The van der Waals surface area contributed by atoms with E-state index in [9.17, 15) is 29.8 Å². The number of nitrogens with zero attached hydrogens (tertiary/aromatic N) is 9. The van der Waals surface area contributed by atoms with Crippen LogP contribution in [-0.2, 0) is 9.47 Å². The number of anilines is 4. The van der Waals surface area contributed by atoms with E-state index in [-0.39, 0.29) is 35.2 Å². The van der Waals surface area contributed by atoms with Crippen LogP contribution in [-0.4, -0.2) is 102 Å². The number of carbonyl (C=O) groups excluding carboxylic acids is 2. The van der Waals surface area contributed by atoms with Gasteiger partial charge in [0, 0.05) is 51.4 Å². The molecule has 3 aromatic heterocycles. The summed E-state index contributed by atoms with van der Waals surface area (Å²) in [5.74, 6) is 1.29. The molecule has 0 radical (unpaired) electrons. The van der Waals surface area contributed by atoms with Crippen molar-refractivity contribution in [2.24, 2.45) is 11.8 Å². The maximum Gasteiger partial charge on any atom is 0.410 e. The van der Waals surface area contributed by atoms with E-state index >= 15 is 0 Å². The first-order valence-electron chi connectivity index (χ1n) is 18.7. The standard InChI is InChI=1S/C21H26N8O4.C16H23BrN4O4/c1-21(2,3)33-20(30)28-6-4-14(5-7-28)10-24-16-8-18(26-12-17(16)29(31)32)27-19-13-23-15(9-22)11-25-19;1-16(2,3)25-15(22)20-6-4-11(5-7-20)9-18-12-8-14(17)19-10-13(12)21(23)24/h8,11-14H,4-7,10H2,1-3H3,(H2,24,25,26,27);8,10-11H,4-7,9H2,1-3H3,(H,18,19). The number of ether oxygens (including phenoxy) is 2. The van der Waals surface area contributed by atoms with Crippen LogP contribution in [0.15, 0.2) is 41.5 Å². The first kappa shape index (κ1) is 44.8. The summed E-state index contributed by atoms with van der Waals surface area (Å²) in [6.07, 6.45) is 7.67. The number of rotatable bonds is 10. The summed E-state index contributed by atoms with van der Waals surface area (Å²) in [6.45, 7) is 14.6. The SMILES string of the molecule is CC(C)(C)OC(=O)N1CCC(CNc2cc(Br)ncc2[N+](=O)[O-])CC1.CC(C)(C)OC(=O)N1CCC(CNc2cc(Nc3cnc(C#N)cn3)ncc2[N+](=O)[O-])CC1. The fourth-order valence-corrected chi connectivity index (χ4v) is 6.23. The molecule has 5 heterocycles. The zero-order valence-electron chi connectivity index (χ0n) is 33.4. The topological polar surface area (TPSA) is 257 Å². The molecule has 2 aliphatic heterocycles. The molecular formula is C37H49BrN12O8. The number of likely N-dealkylation sites (tertiary alicyclic amines) is 2. The van der Waals surface area contributed by atoms with Crippen LogP contribution in [0.4, 0.5) is 44.0 Å². The normalized spacial score (nSPS) is 14.9. The molecule has 0 aromatic carbocycles. The minimum Gasteiger partial charge on any atom is -0.444 e. The number of aromatic nitrogens is 4. The molecule has 0 aliphatic carbocycles. The molecule has 2 amide bonds. The summed E-state index contributed by atoms with van der Waals surface area (Å²) in [4.78, 5) is 65.2. The van der Waals surface area contributed by atoms with Crippen molar-refractivity contribution in [3.63, 3.8) is 0 Å². The highest BCUT2D eigenvalue weighted by Crippen LogP contribution is 2.30. The maximum absolute atomic E-state index is 12.2. The minimum absolute atomic E-state index is 0.0469. The summed E-state index contributed by atoms with van der Waals surface area (Å²) in [6, 6.07) is 5.02. The van der Waals surface area contributed by atoms with Gasteiger partial charge in [-0.1, -0.05) is 0 Å². The van der Waals surface area contributed by atoms with Gasteiger partial charge < -0.3 is 35.2 Å². The first-order chi connectivity index (χ1) is 27.3. The van der Waals surface area contributed by atoms with Gasteiger partial charge in [-0.2, -0.15) is 5.26 Å². The number of hydrogen-bond acceptors (Lipinski definition) is 16. The summed E-state index contributed by atoms with van der Waals surface area (Å²) in [5.41, 5.74) is -0.270. The Morgan fingerprint density at radius 1 is 0.759 bits per heavy atom. The van der Waals surface area contributed by atoms with E-state index in [1.54, 1.807) is 15.9 Å². The lowest BCUT2D eigenvalue weighted by atomic mass is 9.97. The first-order valence-corrected chi connectivity index (χ1v) is 19.5. The van der Waals surface area contributed by atoms with Gasteiger partial charge in [0.25, 0.3) is 0 Å². The molecule has 3 N–H and O–H groups in total. The maximum atomic E-state index is 12.2. The van der Waals surface area contributed by atoms with Gasteiger partial charge in [-0.3, -0.25) is 20.2 Å². The Bertz CT molecular complexity index is 1950. The third-order valence-electron chi connectivity index (χ3n) is 8.84. The quantitative estimate of drug-likeness (QED) is 0.103. The van der Waals surface area contributed by atoms with Crippen molar-refractivity contribution in [1.82, 2.24) is 29.7 Å². The van der Waals surface area contributed by atoms with Crippen LogP contribution in [0.25, 0.3) is 0 Å². The fourth-order valence-electron chi connectivity index (χ4n) is 5.90. The zero-order valence-corrected chi connectivity index (χ0v) is 34.9. The number of amides is 2. The van der Waals surface area contributed by atoms with Gasteiger partial charge >= 0.3 is 23.6 Å². The molecule has 0 atom stereocenters. The van der Waals surface area contributed by atoms with Gasteiger partial charge in [0.2, 0.25) is 0 Å². The molecule has 21 heteroatoms. The monoisotopic (exact) mass is 868 g/mol. The molecule has 312 valence electrons. The van der Waals surface area contributed by atoms with E-state index in [1.807, 2.05) is 47.6 Å². The Morgan fingerprint density at radius 3 is 1.62 bits per heavy atom. The number of piperidine rings is 2. The Hall–Kier alpha value is -5.91. The van der Waals surface area contributed by atoms with Crippen molar-refractivity contribution in [1.29, 1.82) is 5.26 Å². The number of pyridine rings is 2. The zero-order chi connectivity index (χ0) is 42.6. The predicted molar refractivity (Wildman–Crippen MR) is 218 cm³/mol. The largest absolute Gasteiger partial charge is 0.444 e. The highest BCUT2D eigenvalue weighted by Gasteiger charge is 2.29. The number of halogens is 1. The average molecular weight is 870 g/mol. The lowest BCUT2D eigenvalue weighted by molar-refractivity contribution is -0.384. The number of nitriles is 1. The molecule has 0 unspecified atom stereocenters. The molecule has 3 aromatic rings. The predicted octanol–water partition coefficient (Wildman–Crippen LogP) is 7.27. The number of nitrogens with one attached hydrogen (secondary N) is 3. The summed E-state index contributed by atoms with van der Waals surface area (Å²) in [7, 11) is 0. The van der Waals surface area contributed by atoms with Crippen LogP contribution < -0.4 is 16.0 Å². The molecule has 2 saturated heterocycles. The second kappa shape index (κ2) is 20.0. The lowest BCUT2D eigenvalue weighted by Gasteiger charge is -2.33. The summed E-state index contributed by atoms with van der Waals surface area (Å²) in [5, 5.41) is 40.5. The Morgan fingerprint density at radius 2 is 1.21 bits per heavy atom. The van der Waals surface area contributed by atoms with Gasteiger partial charge in [-0.05, 0) is 95.0 Å². The molecule has 0 bridgehead atoms. The van der Waals surface area contributed by atoms with Crippen LogP contribution in [0.5, 0.6) is 0 Å². The third-order valence-corrected chi connectivity index (χ3v) is 9.28. The second-order valence-electron chi connectivity index (χ2n) is 15.7. The third kappa shape index (κ3) is 14.2. The molecule has 0 saturated carbocycles. The van der Waals surface area contributed by atoms with Crippen LogP contribution in [0.2, 0.25) is 0 Å². The van der Waals surface area contributed by atoms with Gasteiger partial charge in [0.05, 0.1) is 22.2 Å². The van der Waals surface area contributed by atoms with E-state index in [4.69, 9.17) is 14.7 Å². The Labute approximate surface area is 344 Å². The van der Waals surface area contributed by atoms with Gasteiger partial charge in [-0.15, -0.1) is 0 Å². The van der Waals surface area contributed by atoms with Crippen molar-refractivity contribution in [3.8, 4) is 6.07 Å². The highest BCUT2D eigenvalue weighted by molar-refractivity contribution is 9.10. The minimum atomic E-state index is -0.537. The van der Waals surface area contributed by atoms with E-state index in [0.717, 1.165) is 25.7 Å². The number of hydrogen-bond donors (Lipinski definition) is 3. The van der Waals surface area contributed by atoms with Crippen molar-refractivity contribution in [2.45, 2.75) is 78.4 Å². The summed E-state index contributed by atoms with van der Waals surface area (Å²) >= 11 is 3.23. The van der Waals surface area contributed by atoms with E-state index in [2.05, 4.69) is 51.8 Å². The van der Waals surface area contributed by atoms with E-state index < -0.39 is 21.0 Å². The molecule has 5 rings (SSSR count). The molecule has 2 aliphatic rings. The van der Waals surface area contributed by atoms with Crippen molar-refractivity contribution >= 4 is 62.5 Å². The summed E-state index contributed by atoms with van der Waals surface area (Å²) < 4.78 is 11.3. The fraction of sp³-hybridized carbons (Fsp3) is 0.541. The Kier molecular flexibility index (Phi) is 15.4. The van der Waals surface area contributed by atoms with Gasteiger partial charge in [0.1, 0.15) is 57.3 Å².